The van der Waals surface area contributed by atoms with E-state index in [0.29, 0.717) is 0 Å². The third kappa shape index (κ3) is 3.02. The summed E-state index contributed by atoms with van der Waals surface area (Å²) in [6.45, 7) is 6.06. The Bertz CT molecular complexity index is 568. The first-order chi connectivity index (χ1) is 9.43. The van der Waals surface area contributed by atoms with Gasteiger partial charge in [-0.15, -0.1) is 0 Å². The van der Waals surface area contributed by atoms with Gasteiger partial charge in [-0.3, -0.25) is 0 Å². The highest BCUT2D eigenvalue weighted by Crippen LogP contribution is 2.39. The van der Waals surface area contributed by atoms with Crippen LogP contribution in [0.15, 0.2) is 48.5 Å². The number of aliphatic hydroxyl groups is 1. The van der Waals surface area contributed by atoms with Gasteiger partial charge >= 0.3 is 0 Å². The van der Waals surface area contributed by atoms with Crippen LogP contribution in [0.1, 0.15) is 32.4 Å². The number of methoxy groups -OCH3 is 1. The maximum absolute atomic E-state index is 10.6. The van der Waals surface area contributed by atoms with Gasteiger partial charge in [-0.25, -0.2) is 0 Å². The van der Waals surface area contributed by atoms with Crippen LogP contribution in [0, 0.1) is 5.41 Å². The van der Waals surface area contributed by atoms with Gasteiger partial charge in [-0.1, -0.05) is 57.2 Å². The highest BCUT2D eigenvalue weighted by atomic mass is 16.5. The lowest BCUT2D eigenvalue weighted by molar-refractivity contribution is 0.0604. The Morgan fingerprint density at radius 3 is 2.15 bits per heavy atom. The maximum atomic E-state index is 10.6. The van der Waals surface area contributed by atoms with E-state index < -0.39 is 6.10 Å². The molecule has 20 heavy (non-hydrogen) atoms. The predicted molar refractivity (Wildman–Crippen MR) is 82.8 cm³/mol. The fourth-order valence-corrected chi connectivity index (χ4v) is 2.22. The molecule has 0 fully saturated rings. The second-order valence-corrected chi connectivity index (χ2v) is 6.09. The van der Waals surface area contributed by atoms with Crippen molar-refractivity contribution in [2.24, 2.45) is 5.41 Å². The van der Waals surface area contributed by atoms with Crippen LogP contribution in [0.2, 0.25) is 0 Å². The lowest BCUT2D eigenvalue weighted by Crippen LogP contribution is -2.18. The molecule has 0 aromatic heterocycles. The van der Waals surface area contributed by atoms with Crippen LogP contribution in [0.25, 0.3) is 11.1 Å². The third-order valence-electron chi connectivity index (χ3n) is 3.45. The normalized spacial score (nSPS) is 13.1. The summed E-state index contributed by atoms with van der Waals surface area (Å²) in [5, 5.41) is 10.6. The van der Waals surface area contributed by atoms with Gasteiger partial charge in [0.2, 0.25) is 0 Å². The molecule has 0 heterocycles. The Labute approximate surface area is 121 Å². The number of benzene rings is 2. The summed E-state index contributed by atoms with van der Waals surface area (Å²) < 4.78 is 5.39. The standard InChI is InChI=1S/C18H22O2/c1-18(2,3)17(19)15-12-14(10-11-16(15)20-4)13-8-6-5-7-9-13/h5-12,17,19H,1-4H3. The Hall–Kier alpha value is -1.80. The van der Waals surface area contributed by atoms with Crippen LogP contribution in [0.5, 0.6) is 5.75 Å². The van der Waals surface area contributed by atoms with Crippen LogP contribution >= 0.6 is 0 Å². The molecule has 2 rings (SSSR count). The zero-order valence-electron chi connectivity index (χ0n) is 12.6. The van der Waals surface area contributed by atoms with E-state index in [1.165, 1.54) is 0 Å². The second-order valence-electron chi connectivity index (χ2n) is 6.09. The van der Waals surface area contributed by atoms with Crippen molar-refractivity contribution in [2.45, 2.75) is 26.9 Å². The van der Waals surface area contributed by atoms with Crippen molar-refractivity contribution < 1.29 is 9.84 Å². The summed E-state index contributed by atoms with van der Waals surface area (Å²) in [7, 11) is 1.64. The fraction of sp³-hybridized carbons (Fsp3) is 0.333. The lowest BCUT2D eigenvalue weighted by Gasteiger charge is -2.27. The first kappa shape index (κ1) is 14.6. The Morgan fingerprint density at radius 2 is 1.60 bits per heavy atom. The molecule has 0 saturated carbocycles. The average Bonchev–Trinajstić information content (AvgIpc) is 2.45. The summed E-state index contributed by atoms with van der Waals surface area (Å²) in [4.78, 5) is 0. The average molecular weight is 270 g/mol. The smallest absolute Gasteiger partial charge is 0.124 e. The van der Waals surface area contributed by atoms with Gasteiger partial charge < -0.3 is 9.84 Å². The number of hydrogen-bond donors (Lipinski definition) is 1. The van der Waals surface area contributed by atoms with E-state index in [-0.39, 0.29) is 5.41 Å². The summed E-state index contributed by atoms with van der Waals surface area (Å²) in [5.41, 5.74) is 2.83. The highest BCUT2D eigenvalue weighted by molar-refractivity contribution is 5.65. The molecule has 0 saturated heterocycles. The van der Waals surface area contributed by atoms with Gasteiger partial charge in [-0.2, -0.15) is 0 Å². The second kappa shape index (κ2) is 5.68. The molecule has 0 radical (unpaired) electrons. The van der Waals surface area contributed by atoms with E-state index in [1.54, 1.807) is 7.11 Å². The van der Waals surface area contributed by atoms with Crippen LogP contribution in [0.4, 0.5) is 0 Å². The molecule has 2 aromatic rings. The number of rotatable bonds is 3. The minimum absolute atomic E-state index is 0.234. The molecular weight excluding hydrogens is 248 g/mol. The summed E-state index contributed by atoms with van der Waals surface area (Å²) in [5.74, 6) is 0.729. The molecule has 106 valence electrons. The van der Waals surface area contributed by atoms with E-state index in [1.807, 2.05) is 57.2 Å². The molecule has 0 aliphatic carbocycles. The first-order valence-electron chi connectivity index (χ1n) is 6.85. The van der Waals surface area contributed by atoms with Crippen molar-refractivity contribution in [2.75, 3.05) is 7.11 Å². The molecular formula is C18H22O2. The molecule has 0 amide bonds. The summed E-state index contributed by atoms with van der Waals surface area (Å²) in [6.07, 6.45) is -0.568. The monoisotopic (exact) mass is 270 g/mol. The van der Waals surface area contributed by atoms with Crippen LogP contribution in [-0.2, 0) is 0 Å². The minimum atomic E-state index is -0.568. The molecule has 1 N–H and O–H groups in total. The van der Waals surface area contributed by atoms with Crippen molar-refractivity contribution in [1.29, 1.82) is 0 Å². The van der Waals surface area contributed by atoms with E-state index in [2.05, 4.69) is 12.1 Å². The van der Waals surface area contributed by atoms with Crippen molar-refractivity contribution in [3.63, 3.8) is 0 Å². The molecule has 2 nitrogen and oxygen atoms in total. The van der Waals surface area contributed by atoms with Crippen LogP contribution in [0.3, 0.4) is 0 Å². The van der Waals surface area contributed by atoms with Crippen molar-refractivity contribution in [3.05, 3.63) is 54.1 Å². The quantitative estimate of drug-likeness (QED) is 0.893. The van der Waals surface area contributed by atoms with Gasteiger partial charge in [-0.05, 0) is 28.7 Å². The zero-order valence-corrected chi connectivity index (χ0v) is 12.6. The molecule has 1 atom stereocenters. The van der Waals surface area contributed by atoms with Crippen molar-refractivity contribution in [1.82, 2.24) is 0 Å². The molecule has 2 aromatic carbocycles. The third-order valence-corrected chi connectivity index (χ3v) is 3.45. The SMILES string of the molecule is COc1ccc(-c2ccccc2)cc1C(O)C(C)(C)C. The molecule has 1 unspecified atom stereocenters. The van der Waals surface area contributed by atoms with Gasteiger partial charge in [0, 0.05) is 5.56 Å². The molecule has 0 spiro atoms. The topological polar surface area (TPSA) is 29.5 Å². The Kier molecular flexibility index (Phi) is 4.15. The van der Waals surface area contributed by atoms with Gasteiger partial charge in [0.1, 0.15) is 5.75 Å². The predicted octanol–water partition coefficient (Wildman–Crippen LogP) is 4.44. The lowest BCUT2D eigenvalue weighted by atomic mass is 9.83. The van der Waals surface area contributed by atoms with Crippen molar-refractivity contribution in [3.8, 4) is 16.9 Å². The first-order valence-corrected chi connectivity index (χ1v) is 6.85. The van der Waals surface area contributed by atoms with Crippen LogP contribution in [-0.4, -0.2) is 12.2 Å². The van der Waals surface area contributed by atoms with E-state index in [9.17, 15) is 5.11 Å². The number of ether oxygens (including phenoxy) is 1. The molecule has 2 heteroatoms. The zero-order chi connectivity index (χ0) is 14.8. The molecule has 0 aliphatic rings. The summed E-state index contributed by atoms with van der Waals surface area (Å²) in [6, 6.07) is 16.1. The molecule has 0 bridgehead atoms. The Balaban J connectivity index is 2.50. The van der Waals surface area contributed by atoms with Gasteiger partial charge in [0.05, 0.1) is 13.2 Å². The highest BCUT2D eigenvalue weighted by Gasteiger charge is 2.26. The fourth-order valence-electron chi connectivity index (χ4n) is 2.22. The van der Waals surface area contributed by atoms with Gasteiger partial charge in [0.15, 0.2) is 0 Å². The van der Waals surface area contributed by atoms with E-state index in [4.69, 9.17) is 4.74 Å². The number of hydrogen-bond acceptors (Lipinski definition) is 2. The maximum Gasteiger partial charge on any atom is 0.124 e. The largest absolute Gasteiger partial charge is 0.496 e. The Morgan fingerprint density at radius 1 is 0.950 bits per heavy atom. The number of aliphatic hydroxyl groups excluding tert-OH is 1. The van der Waals surface area contributed by atoms with Gasteiger partial charge in [0.25, 0.3) is 0 Å². The van der Waals surface area contributed by atoms with E-state index in [0.717, 1.165) is 22.4 Å². The van der Waals surface area contributed by atoms with Crippen molar-refractivity contribution >= 4 is 0 Å². The minimum Gasteiger partial charge on any atom is -0.496 e. The summed E-state index contributed by atoms with van der Waals surface area (Å²) >= 11 is 0. The molecule has 0 aliphatic heterocycles. The van der Waals surface area contributed by atoms with Crippen LogP contribution < -0.4 is 4.74 Å². The van der Waals surface area contributed by atoms with E-state index >= 15 is 0 Å².